The minimum atomic E-state index is -0.156. The van der Waals surface area contributed by atoms with E-state index in [1.807, 2.05) is 25.6 Å². The molecule has 0 spiro atoms. The molecule has 0 aliphatic carbocycles. The van der Waals surface area contributed by atoms with Gasteiger partial charge in [0.1, 0.15) is 11.9 Å². The summed E-state index contributed by atoms with van der Waals surface area (Å²) in [5, 5.41) is 10.9. The van der Waals surface area contributed by atoms with Crippen LogP contribution in [0.4, 0.5) is 5.82 Å². The molecule has 0 aromatic carbocycles. The van der Waals surface area contributed by atoms with Crippen molar-refractivity contribution in [3.8, 4) is 0 Å². The fourth-order valence-corrected chi connectivity index (χ4v) is 2.63. The second-order valence-electron chi connectivity index (χ2n) is 5.71. The van der Waals surface area contributed by atoms with Crippen LogP contribution < -0.4 is 15.5 Å². The highest BCUT2D eigenvalue weighted by Crippen LogP contribution is 2.26. The van der Waals surface area contributed by atoms with E-state index in [4.69, 9.17) is 0 Å². The van der Waals surface area contributed by atoms with Crippen LogP contribution >= 0.6 is 0 Å². The highest BCUT2D eigenvalue weighted by molar-refractivity contribution is 5.86. The standard InChI is InChI=1S/C14H25N5O/c1-9(2)16-8-12-10(3)17-18(5)14(12)19-7-6-15-13(20)11(19)4/h9,11,16H,6-8H2,1-5H3,(H,15,20). The Labute approximate surface area is 120 Å². The maximum atomic E-state index is 11.9. The Bertz CT molecular complexity index is 494. The molecule has 6 heteroatoms. The number of amides is 1. The van der Waals surface area contributed by atoms with Crippen LogP contribution in [-0.4, -0.2) is 40.9 Å². The molecule has 1 aliphatic heterocycles. The van der Waals surface area contributed by atoms with Gasteiger partial charge in [-0.25, -0.2) is 0 Å². The average Bonchev–Trinajstić information content (AvgIpc) is 2.65. The lowest BCUT2D eigenvalue weighted by molar-refractivity contribution is -0.122. The number of hydrogen-bond acceptors (Lipinski definition) is 4. The largest absolute Gasteiger partial charge is 0.353 e. The summed E-state index contributed by atoms with van der Waals surface area (Å²) in [6.45, 7) is 10.5. The maximum Gasteiger partial charge on any atom is 0.242 e. The van der Waals surface area contributed by atoms with Crippen LogP contribution in [0.15, 0.2) is 0 Å². The fraction of sp³-hybridized carbons (Fsp3) is 0.714. The summed E-state index contributed by atoms with van der Waals surface area (Å²) < 4.78 is 1.89. The molecule has 1 aromatic rings. The first kappa shape index (κ1) is 14.8. The van der Waals surface area contributed by atoms with Crippen LogP contribution in [0.25, 0.3) is 0 Å². The Morgan fingerprint density at radius 1 is 1.50 bits per heavy atom. The van der Waals surface area contributed by atoms with Gasteiger partial charge in [-0.05, 0) is 13.8 Å². The molecule has 20 heavy (non-hydrogen) atoms. The van der Waals surface area contributed by atoms with Gasteiger partial charge in [-0.2, -0.15) is 5.10 Å². The van der Waals surface area contributed by atoms with Gasteiger partial charge in [0.25, 0.3) is 0 Å². The zero-order chi connectivity index (χ0) is 14.9. The smallest absolute Gasteiger partial charge is 0.242 e. The number of aromatic nitrogens is 2. The Hall–Kier alpha value is -1.56. The molecule has 1 atom stereocenters. The Morgan fingerprint density at radius 3 is 2.85 bits per heavy atom. The highest BCUT2D eigenvalue weighted by Gasteiger charge is 2.30. The molecule has 2 heterocycles. The quantitative estimate of drug-likeness (QED) is 0.845. The summed E-state index contributed by atoms with van der Waals surface area (Å²) in [5.74, 6) is 1.14. The molecular formula is C14H25N5O. The molecule has 2 rings (SSSR count). The molecule has 0 saturated carbocycles. The van der Waals surface area contributed by atoms with E-state index >= 15 is 0 Å². The van der Waals surface area contributed by atoms with Crippen LogP contribution in [0.2, 0.25) is 0 Å². The van der Waals surface area contributed by atoms with E-state index in [2.05, 4.69) is 34.5 Å². The number of rotatable bonds is 4. The molecule has 112 valence electrons. The summed E-state index contributed by atoms with van der Waals surface area (Å²) >= 11 is 0. The lowest BCUT2D eigenvalue weighted by Gasteiger charge is -2.35. The van der Waals surface area contributed by atoms with E-state index in [0.717, 1.165) is 24.6 Å². The van der Waals surface area contributed by atoms with Crippen molar-refractivity contribution in [2.45, 2.75) is 46.3 Å². The summed E-state index contributed by atoms with van der Waals surface area (Å²) in [6.07, 6.45) is 0. The number of carbonyl (C=O) groups is 1. The maximum absolute atomic E-state index is 11.9. The van der Waals surface area contributed by atoms with Gasteiger partial charge in [0.15, 0.2) is 0 Å². The van der Waals surface area contributed by atoms with Gasteiger partial charge in [-0.15, -0.1) is 0 Å². The van der Waals surface area contributed by atoms with Crippen molar-refractivity contribution in [3.63, 3.8) is 0 Å². The monoisotopic (exact) mass is 279 g/mol. The van der Waals surface area contributed by atoms with Crippen molar-refractivity contribution in [3.05, 3.63) is 11.3 Å². The van der Waals surface area contributed by atoms with Gasteiger partial charge >= 0.3 is 0 Å². The first-order valence-electron chi connectivity index (χ1n) is 7.22. The Kier molecular flexibility index (Phi) is 4.32. The Morgan fingerprint density at radius 2 is 2.20 bits per heavy atom. The predicted octanol–water partition coefficient (Wildman–Crippen LogP) is 0.551. The second-order valence-corrected chi connectivity index (χ2v) is 5.71. The van der Waals surface area contributed by atoms with E-state index in [1.54, 1.807) is 0 Å². The first-order valence-corrected chi connectivity index (χ1v) is 7.22. The van der Waals surface area contributed by atoms with Gasteiger partial charge in [-0.3, -0.25) is 9.48 Å². The van der Waals surface area contributed by atoms with Crippen molar-refractivity contribution in [2.75, 3.05) is 18.0 Å². The number of carbonyl (C=O) groups excluding carboxylic acids is 1. The van der Waals surface area contributed by atoms with Crippen molar-refractivity contribution in [1.82, 2.24) is 20.4 Å². The second kappa shape index (κ2) is 5.83. The third-order valence-corrected chi connectivity index (χ3v) is 3.77. The number of hydrogen-bond donors (Lipinski definition) is 2. The molecule has 1 fully saturated rings. The van der Waals surface area contributed by atoms with Crippen LogP contribution in [0.1, 0.15) is 32.0 Å². The molecule has 1 aliphatic rings. The molecule has 0 radical (unpaired) electrons. The minimum absolute atomic E-state index is 0.0814. The highest BCUT2D eigenvalue weighted by atomic mass is 16.2. The number of nitrogens with one attached hydrogen (secondary N) is 2. The van der Waals surface area contributed by atoms with Crippen molar-refractivity contribution < 1.29 is 4.79 Å². The van der Waals surface area contributed by atoms with E-state index in [0.29, 0.717) is 12.6 Å². The average molecular weight is 279 g/mol. The van der Waals surface area contributed by atoms with Gasteiger partial charge in [0.05, 0.1) is 5.69 Å². The lowest BCUT2D eigenvalue weighted by atomic mass is 10.1. The van der Waals surface area contributed by atoms with E-state index in [9.17, 15) is 4.79 Å². The molecule has 2 N–H and O–H groups in total. The number of aryl methyl sites for hydroxylation is 2. The number of anilines is 1. The summed E-state index contributed by atoms with van der Waals surface area (Å²) in [5.41, 5.74) is 2.21. The van der Waals surface area contributed by atoms with E-state index in [1.165, 1.54) is 5.56 Å². The van der Waals surface area contributed by atoms with Crippen molar-refractivity contribution >= 4 is 11.7 Å². The summed E-state index contributed by atoms with van der Waals surface area (Å²) in [6, 6.07) is 0.265. The zero-order valence-corrected chi connectivity index (χ0v) is 13.0. The van der Waals surface area contributed by atoms with E-state index in [-0.39, 0.29) is 11.9 Å². The number of piperazine rings is 1. The van der Waals surface area contributed by atoms with Crippen molar-refractivity contribution in [2.24, 2.45) is 7.05 Å². The van der Waals surface area contributed by atoms with Crippen LogP contribution in [-0.2, 0) is 18.4 Å². The summed E-state index contributed by atoms with van der Waals surface area (Å²) in [4.78, 5) is 14.0. The molecule has 1 saturated heterocycles. The number of nitrogens with zero attached hydrogens (tertiary/aromatic N) is 3. The van der Waals surface area contributed by atoms with Crippen LogP contribution in [0.5, 0.6) is 0 Å². The van der Waals surface area contributed by atoms with Gasteiger partial charge in [-0.1, -0.05) is 13.8 Å². The van der Waals surface area contributed by atoms with E-state index < -0.39 is 0 Å². The zero-order valence-electron chi connectivity index (χ0n) is 13.0. The fourth-order valence-electron chi connectivity index (χ4n) is 2.63. The molecule has 1 aromatic heterocycles. The topological polar surface area (TPSA) is 62.2 Å². The van der Waals surface area contributed by atoms with Gasteiger partial charge < -0.3 is 15.5 Å². The summed E-state index contributed by atoms with van der Waals surface area (Å²) in [7, 11) is 1.94. The minimum Gasteiger partial charge on any atom is -0.353 e. The van der Waals surface area contributed by atoms with Gasteiger partial charge in [0, 0.05) is 38.3 Å². The Balaban J connectivity index is 2.32. The molecule has 0 bridgehead atoms. The molecular weight excluding hydrogens is 254 g/mol. The van der Waals surface area contributed by atoms with Crippen LogP contribution in [0, 0.1) is 6.92 Å². The first-order chi connectivity index (χ1) is 9.41. The normalized spacial score (nSPS) is 19.6. The third-order valence-electron chi connectivity index (χ3n) is 3.77. The molecule has 6 nitrogen and oxygen atoms in total. The third kappa shape index (κ3) is 2.80. The SMILES string of the molecule is Cc1nn(C)c(N2CCNC(=O)C2C)c1CNC(C)C. The van der Waals surface area contributed by atoms with Gasteiger partial charge in [0.2, 0.25) is 5.91 Å². The molecule has 1 unspecified atom stereocenters. The van der Waals surface area contributed by atoms with Crippen molar-refractivity contribution in [1.29, 1.82) is 0 Å². The molecule has 1 amide bonds. The lowest BCUT2D eigenvalue weighted by Crippen LogP contribution is -2.54. The van der Waals surface area contributed by atoms with Crippen LogP contribution in [0.3, 0.4) is 0 Å². The predicted molar refractivity (Wildman–Crippen MR) is 79.7 cm³/mol.